The highest BCUT2D eigenvalue weighted by Gasteiger charge is 2.16. The first-order valence-corrected chi connectivity index (χ1v) is 12.1. The van der Waals surface area contributed by atoms with E-state index in [0.717, 1.165) is 12.8 Å². The Morgan fingerprint density at radius 2 is 1.66 bits per heavy atom. The van der Waals surface area contributed by atoms with E-state index in [-0.39, 0.29) is 17.5 Å². The molecule has 0 aromatic heterocycles. The van der Waals surface area contributed by atoms with Gasteiger partial charge in [-0.1, -0.05) is 20.3 Å². The van der Waals surface area contributed by atoms with E-state index in [1.165, 1.54) is 24.3 Å². The van der Waals surface area contributed by atoms with Crippen LogP contribution in [0.1, 0.15) is 50.4 Å². The average molecular weight is 463 g/mol. The molecule has 0 unspecified atom stereocenters. The molecule has 2 N–H and O–H groups in total. The normalized spacial score (nSPS) is 12.1. The van der Waals surface area contributed by atoms with Gasteiger partial charge in [-0.05, 0) is 68.3 Å². The Hall–Kier alpha value is -2.91. The van der Waals surface area contributed by atoms with Crippen LogP contribution in [-0.2, 0) is 19.6 Å². The quantitative estimate of drug-likeness (QED) is 0.367. The largest absolute Gasteiger partial charge is 0.484 e. The van der Waals surface area contributed by atoms with Crippen LogP contribution in [0.4, 0.5) is 5.69 Å². The van der Waals surface area contributed by atoms with Crippen molar-refractivity contribution in [1.29, 1.82) is 0 Å². The predicted octanol–water partition coefficient (Wildman–Crippen LogP) is 3.74. The third-order valence-electron chi connectivity index (χ3n) is 4.61. The van der Waals surface area contributed by atoms with E-state index in [1.54, 1.807) is 31.2 Å². The van der Waals surface area contributed by atoms with Crippen LogP contribution in [-0.4, -0.2) is 39.5 Å². The highest BCUT2D eigenvalue weighted by Crippen LogP contribution is 2.17. The first-order chi connectivity index (χ1) is 15.2. The molecule has 0 spiro atoms. The fourth-order valence-corrected chi connectivity index (χ4v) is 3.89. The summed E-state index contributed by atoms with van der Waals surface area (Å²) in [4.78, 5) is 24.1. The van der Waals surface area contributed by atoms with Crippen molar-refractivity contribution in [2.75, 3.05) is 18.5 Å². The number of amides is 1. The number of carbonyl (C=O) groups excluding carboxylic acids is 2. The van der Waals surface area contributed by atoms with E-state index >= 15 is 0 Å². The van der Waals surface area contributed by atoms with Gasteiger partial charge in [0.25, 0.3) is 5.91 Å². The van der Waals surface area contributed by atoms with Crippen molar-refractivity contribution in [2.45, 2.75) is 51.0 Å². The highest BCUT2D eigenvalue weighted by molar-refractivity contribution is 7.89. The number of esters is 1. The van der Waals surface area contributed by atoms with Crippen LogP contribution in [0.2, 0.25) is 0 Å². The lowest BCUT2D eigenvalue weighted by Gasteiger charge is -2.12. The smallest absolute Gasteiger partial charge is 0.338 e. The zero-order valence-corrected chi connectivity index (χ0v) is 19.4. The average Bonchev–Trinajstić information content (AvgIpc) is 2.78. The molecule has 1 atom stereocenters. The van der Waals surface area contributed by atoms with Gasteiger partial charge in [0.15, 0.2) is 6.61 Å². The third kappa shape index (κ3) is 7.97. The number of benzene rings is 2. The number of hydrogen-bond acceptors (Lipinski definition) is 6. The Kier molecular flexibility index (Phi) is 9.67. The van der Waals surface area contributed by atoms with Crippen LogP contribution < -0.4 is 14.8 Å². The Balaban J connectivity index is 1.84. The van der Waals surface area contributed by atoms with Crippen LogP contribution in [0, 0.1) is 0 Å². The van der Waals surface area contributed by atoms with Crippen molar-refractivity contribution in [3.63, 3.8) is 0 Å². The highest BCUT2D eigenvalue weighted by atomic mass is 32.2. The lowest BCUT2D eigenvalue weighted by molar-refractivity contribution is -0.118. The molecule has 9 heteroatoms. The fourth-order valence-electron chi connectivity index (χ4n) is 2.56. The van der Waals surface area contributed by atoms with E-state index in [9.17, 15) is 18.0 Å². The molecule has 0 saturated carbocycles. The predicted molar refractivity (Wildman–Crippen MR) is 122 cm³/mol. The van der Waals surface area contributed by atoms with E-state index in [0.29, 0.717) is 30.0 Å². The molecule has 0 heterocycles. The Morgan fingerprint density at radius 1 is 1.00 bits per heavy atom. The summed E-state index contributed by atoms with van der Waals surface area (Å²) in [6, 6.07) is 12.1. The molecule has 0 radical (unpaired) electrons. The second-order valence-electron chi connectivity index (χ2n) is 7.31. The number of anilines is 1. The number of sulfonamides is 1. The fraction of sp³-hybridized carbons (Fsp3) is 0.391. The molecular weight excluding hydrogens is 432 g/mol. The van der Waals surface area contributed by atoms with Gasteiger partial charge in [0.05, 0.1) is 17.1 Å². The SMILES string of the molecule is CCCCOC(=O)c1ccc(NC(=O)COc2ccc(S(=O)(=O)N[C@@H](C)CC)cc2)cc1. The molecule has 2 aromatic carbocycles. The molecule has 174 valence electrons. The standard InChI is InChI=1S/C23H30N2O6S/c1-4-6-15-30-23(27)18-7-9-19(10-8-18)24-22(26)16-31-20-11-13-21(14-12-20)32(28,29)25-17(3)5-2/h7-14,17,25H,4-6,15-16H2,1-3H3,(H,24,26)/t17-/m0/s1. The Labute approximate surface area is 189 Å². The number of carbonyl (C=O) groups is 2. The second kappa shape index (κ2) is 12.2. The van der Waals surface area contributed by atoms with Crippen molar-refractivity contribution < 1.29 is 27.5 Å². The summed E-state index contributed by atoms with van der Waals surface area (Å²) >= 11 is 0. The minimum Gasteiger partial charge on any atom is -0.484 e. The van der Waals surface area contributed by atoms with E-state index < -0.39 is 21.9 Å². The van der Waals surface area contributed by atoms with Crippen LogP contribution in [0.15, 0.2) is 53.4 Å². The molecule has 0 fully saturated rings. The molecule has 8 nitrogen and oxygen atoms in total. The van der Waals surface area contributed by atoms with Crippen molar-refractivity contribution >= 4 is 27.6 Å². The van der Waals surface area contributed by atoms with Crippen LogP contribution in [0.3, 0.4) is 0 Å². The monoisotopic (exact) mass is 462 g/mol. The van der Waals surface area contributed by atoms with Crippen LogP contribution in [0.5, 0.6) is 5.75 Å². The van der Waals surface area contributed by atoms with Gasteiger partial charge in [-0.15, -0.1) is 0 Å². The molecule has 2 aromatic rings. The van der Waals surface area contributed by atoms with Gasteiger partial charge in [0.2, 0.25) is 10.0 Å². The van der Waals surface area contributed by atoms with Gasteiger partial charge < -0.3 is 14.8 Å². The summed E-state index contributed by atoms with van der Waals surface area (Å²) in [6.07, 6.45) is 2.44. The van der Waals surface area contributed by atoms with Gasteiger partial charge in [0.1, 0.15) is 5.75 Å². The molecule has 0 aliphatic carbocycles. The summed E-state index contributed by atoms with van der Waals surface area (Å²) in [7, 11) is -3.59. The number of unbranched alkanes of at least 4 members (excludes halogenated alkanes) is 1. The zero-order valence-electron chi connectivity index (χ0n) is 18.6. The minimum absolute atomic E-state index is 0.128. The molecule has 0 aliphatic heterocycles. The second-order valence-corrected chi connectivity index (χ2v) is 9.02. The lowest BCUT2D eigenvalue weighted by Crippen LogP contribution is -2.31. The number of rotatable bonds is 12. The number of hydrogen-bond donors (Lipinski definition) is 2. The summed E-state index contributed by atoms with van der Waals surface area (Å²) in [5.74, 6) is -0.421. The first-order valence-electron chi connectivity index (χ1n) is 10.6. The molecular formula is C23H30N2O6S. The van der Waals surface area contributed by atoms with Gasteiger partial charge in [0, 0.05) is 11.7 Å². The first kappa shape index (κ1) is 25.4. The third-order valence-corrected chi connectivity index (χ3v) is 6.21. The van der Waals surface area contributed by atoms with E-state index in [4.69, 9.17) is 9.47 Å². The topological polar surface area (TPSA) is 111 Å². The number of nitrogens with one attached hydrogen (secondary N) is 2. The van der Waals surface area contributed by atoms with Gasteiger partial charge in [-0.3, -0.25) is 4.79 Å². The van der Waals surface area contributed by atoms with Crippen molar-refractivity contribution in [3.8, 4) is 5.75 Å². The van der Waals surface area contributed by atoms with Crippen LogP contribution >= 0.6 is 0 Å². The molecule has 0 aliphatic rings. The summed E-state index contributed by atoms with van der Waals surface area (Å²) < 4.78 is 37.7. The van der Waals surface area contributed by atoms with Crippen molar-refractivity contribution in [1.82, 2.24) is 4.72 Å². The van der Waals surface area contributed by atoms with Gasteiger partial charge in [-0.25, -0.2) is 17.9 Å². The van der Waals surface area contributed by atoms with E-state index in [2.05, 4.69) is 10.0 Å². The summed E-state index contributed by atoms with van der Waals surface area (Å²) in [5, 5.41) is 2.67. The molecule has 1 amide bonds. The maximum absolute atomic E-state index is 12.3. The van der Waals surface area contributed by atoms with Gasteiger partial charge >= 0.3 is 5.97 Å². The Morgan fingerprint density at radius 3 is 2.25 bits per heavy atom. The minimum atomic E-state index is -3.59. The zero-order chi connectivity index (χ0) is 23.6. The Bertz CT molecular complexity index is 988. The lowest BCUT2D eigenvalue weighted by atomic mass is 10.2. The summed E-state index contributed by atoms with van der Waals surface area (Å²) in [6.45, 7) is 5.83. The van der Waals surface area contributed by atoms with E-state index in [1.807, 2.05) is 13.8 Å². The maximum atomic E-state index is 12.3. The molecule has 32 heavy (non-hydrogen) atoms. The van der Waals surface area contributed by atoms with Crippen LogP contribution in [0.25, 0.3) is 0 Å². The maximum Gasteiger partial charge on any atom is 0.338 e. The molecule has 0 bridgehead atoms. The number of ether oxygens (including phenoxy) is 2. The summed E-state index contributed by atoms with van der Waals surface area (Å²) in [5.41, 5.74) is 0.925. The van der Waals surface area contributed by atoms with Gasteiger partial charge in [-0.2, -0.15) is 0 Å². The van der Waals surface area contributed by atoms with Crippen molar-refractivity contribution in [2.24, 2.45) is 0 Å². The molecule has 2 rings (SSSR count). The van der Waals surface area contributed by atoms with Crippen molar-refractivity contribution in [3.05, 3.63) is 54.1 Å². The molecule has 0 saturated heterocycles.